The molecule has 0 amide bonds. The van der Waals surface area contributed by atoms with Crippen LogP contribution in [0.5, 0.6) is 0 Å². The maximum absolute atomic E-state index is 10.1. The molecular formula is C17H31NO2. The van der Waals surface area contributed by atoms with Gasteiger partial charge in [0.05, 0.1) is 6.07 Å². The third-order valence-electron chi connectivity index (χ3n) is 3.96. The Morgan fingerprint density at radius 3 is 1.80 bits per heavy atom. The molecule has 0 aliphatic heterocycles. The van der Waals surface area contributed by atoms with E-state index >= 15 is 0 Å². The Morgan fingerprint density at radius 2 is 1.40 bits per heavy atom. The summed E-state index contributed by atoms with van der Waals surface area (Å²) in [5, 5.41) is 18.7. The van der Waals surface area contributed by atoms with E-state index in [0.717, 1.165) is 25.5 Å². The van der Waals surface area contributed by atoms with Crippen molar-refractivity contribution in [3.8, 4) is 6.07 Å². The Bertz CT molecular complexity index is 273. The molecule has 0 spiro atoms. The van der Waals surface area contributed by atoms with Gasteiger partial charge in [-0.25, -0.2) is 0 Å². The first kappa shape index (κ1) is 19.1. The quantitative estimate of drug-likeness (QED) is 0.289. The Balaban J connectivity index is 3.21. The average Bonchev–Trinajstić information content (AvgIpc) is 2.48. The summed E-state index contributed by atoms with van der Waals surface area (Å²) in [6.07, 6.45) is 14.7. The van der Waals surface area contributed by atoms with Crippen LogP contribution in [0.3, 0.4) is 0 Å². The highest BCUT2D eigenvalue weighted by molar-refractivity contribution is 5.48. The van der Waals surface area contributed by atoms with Crippen molar-refractivity contribution in [3.05, 3.63) is 0 Å². The van der Waals surface area contributed by atoms with E-state index in [1.165, 1.54) is 44.9 Å². The van der Waals surface area contributed by atoms with E-state index < -0.39 is 5.60 Å². The van der Waals surface area contributed by atoms with E-state index in [9.17, 15) is 9.90 Å². The number of carbonyl (C=O) groups excluding carboxylic acids is 1. The Hall–Kier alpha value is -0.880. The van der Waals surface area contributed by atoms with Crippen LogP contribution < -0.4 is 0 Å². The van der Waals surface area contributed by atoms with Crippen molar-refractivity contribution < 1.29 is 9.90 Å². The zero-order chi connectivity index (χ0) is 15.1. The molecule has 0 aliphatic rings. The number of carbonyl (C=O) groups is 1. The predicted molar refractivity (Wildman–Crippen MR) is 82.3 cm³/mol. The maximum Gasteiger partial charge on any atom is 0.150 e. The fourth-order valence-electron chi connectivity index (χ4n) is 2.37. The molecular weight excluding hydrogens is 250 g/mol. The molecule has 1 atom stereocenters. The third-order valence-corrected chi connectivity index (χ3v) is 3.96. The van der Waals surface area contributed by atoms with Gasteiger partial charge in [-0.15, -0.1) is 0 Å². The molecule has 0 aromatic heterocycles. The van der Waals surface area contributed by atoms with Crippen LogP contribution in [0.4, 0.5) is 0 Å². The van der Waals surface area contributed by atoms with Crippen molar-refractivity contribution in [3.63, 3.8) is 0 Å². The van der Waals surface area contributed by atoms with Crippen molar-refractivity contribution in [1.82, 2.24) is 0 Å². The number of hydrogen-bond acceptors (Lipinski definition) is 3. The number of aldehydes is 1. The fourth-order valence-corrected chi connectivity index (χ4v) is 2.37. The van der Waals surface area contributed by atoms with E-state index in [2.05, 4.69) is 0 Å². The van der Waals surface area contributed by atoms with E-state index in [1.54, 1.807) is 0 Å². The summed E-state index contributed by atoms with van der Waals surface area (Å²) in [6.45, 7) is 1.86. The predicted octanol–water partition coefficient (Wildman–Crippen LogP) is 4.53. The van der Waals surface area contributed by atoms with E-state index in [0.29, 0.717) is 19.3 Å². The van der Waals surface area contributed by atoms with Gasteiger partial charge < -0.3 is 9.90 Å². The minimum atomic E-state index is -1.10. The zero-order valence-corrected chi connectivity index (χ0v) is 13.1. The fraction of sp³-hybridized carbons (Fsp3) is 0.882. The van der Waals surface area contributed by atoms with Crippen LogP contribution >= 0.6 is 0 Å². The van der Waals surface area contributed by atoms with Gasteiger partial charge in [0.15, 0.2) is 5.60 Å². The average molecular weight is 281 g/mol. The highest BCUT2D eigenvalue weighted by Crippen LogP contribution is 2.19. The Morgan fingerprint density at radius 1 is 0.950 bits per heavy atom. The summed E-state index contributed by atoms with van der Waals surface area (Å²) in [4.78, 5) is 10.1. The molecule has 0 rings (SSSR count). The number of rotatable bonds is 14. The van der Waals surface area contributed by atoms with Crippen LogP contribution in [0.25, 0.3) is 0 Å². The molecule has 0 heterocycles. The summed E-state index contributed by atoms with van der Waals surface area (Å²) in [7, 11) is 0. The molecule has 3 heteroatoms. The van der Waals surface area contributed by atoms with Gasteiger partial charge in [0, 0.05) is 6.42 Å². The molecule has 1 N–H and O–H groups in total. The number of unbranched alkanes of at least 4 members (excludes halogenated alkanes) is 10. The molecule has 0 fully saturated rings. The monoisotopic (exact) mass is 281 g/mol. The molecule has 0 aromatic rings. The molecule has 20 heavy (non-hydrogen) atoms. The van der Waals surface area contributed by atoms with Gasteiger partial charge in [-0.2, -0.15) is 5.26 Å². The van der Waals surface area contributed by atoms with Crippen LogP contribution in [0.2, 0.25) is 0 Å². The first-order valence-corrected chi connectivity index (χ1v) is 8.26. The number of hydrogen-bond donors (Lipinski definition) is 1. The van der Waals surface area contributed by atoms with Crippen molar-refractivity contribution in [2.75, 3.05) is 0 Å². The minimum Gasteiger partial charge on any atom is -0.375 e. The van der Waals surface area contributed by atoms with Gasteiger partial charge in [0.2, 0.25) is 0 Å². The number of nitrogens with zero attached hydrogens (tertiary/aromatic N) is 1. The second kappa shape index (κ2) is 13.1. The molecule has 3 nitrogen and oxygen atoms in total. The van der Waals surface area contributed by atoms with Crippen LogP contribution in [-0.4, -0.2) is 17.0 Å². The van der Waals surface area contributed by atoms with Crippen LogP contribution in [0.15, 0.2) is 0 Å². The molecule has 0 saturated heterocycles. The second-order valence-corrected chi connectivity index (χ2v) is 5.74. The Kier molecular flexibility index (Phi) is 12.5. The summed E-state index contributed by atoms with van der Waals surface area (Å²) >= 11 is 0. The van der Waals surface area contributed by atoms with Gasteiger partial charge in [-0.3, -0.25) is 0 Å². The lowest BCUT2D eigenvalue weighted by Gasteiger charge is -2.17. The van der Waals surface area contributed by atoms with Gasteiger partial charge in [-0.05, 0) is 25.7 Å². The van der Waals surface area contributed by atoms with Crippen LogP contribution in [0, 0.1) is 11.3 Å². The van der Waals surface area contributed by atoms with Crippen molar-refractivity contribution in [2.45, 2.75) is 96.0 Å². The van der Waals surface area contributed by atoms with Gasteiger partial charge >= 0.3 is 0 Å². The molecule has 1 unspecified atom stereocenters. The summed E-state index contributed by atoms with van der Waals surface area (Å²) in [5.74, 6) is 0. The summed E-state index contributed by atoms with van der Waals surface area (Å²) < 4.78 is 0. The molecule has 0 aliphatic carbocycles. The summed E-state index contributed by atoms with van der Waals surface area (Å²) in [6, 6.07) is 2.00. The largest absolute Gasteiger partial charge is 0.375 e. The van der Waals surface area contributed by atoms with Crippen molar-refractivity contribution in [1.29, 1.82) is 5.26 Å². The van der Waals surface area contributed by atoms with Crippen molar-refractivity contribution >= 4 is 6.29 Å². The SMILES string of the molecule is CCC(O)(C#N)CCCCCCCCCCCCC=O. The first-order chi connectivity index (χ1) is 9.68. The highest BCUT2D eigenvalue weighted by Gasteiger charge is 2.22. The van der Waals surface area contributed by atoms with Crippen molar-refractivity contribution in [2.24, 2.45) is 0 Å². The lowest BCUT2D eigenvalue weighted by atomic mass is 9.94. The lowest BCUT2D eigenvalue weighted by Crippen LogP contribution is -2.24. The highest BCUT2D eigenvalue weighted by atomic mass is 16.3. The summed E-state index contributed by atoms with van der Waals surface area (Å²) in [5.41, 5.74) is -1.10. The number of aliphatic hydroxyl groups is 1. The molecule has 0 bridgehead atoms. The third kappa shape index (κ3) is 11.0. The lowest BCUT2D eigenvalue weighted by molar-refractivity contribution is -0.107. The smallest absolute Gasteiger partial charge is 0.150 e. The van der Waals surface area contributed by atoms with E-state index in [1.807, 2.05) is 13.0 Å². The molecule has 0 saturated carbocycles. The van der Waals surface area contributed by atoms with Gasteiger partial charge in [0.25, 0.3) is 0 Å². The Labute approximate surface area is 124 Å². The van der Waals surface area contributed by atoms with Gasteiger partial charge in [0.1, 0.15) is 6.29 Å². The standard InChI is InChI=1S/C17H31NO2/c1-2-17(20,16-18)14-12-10-8-6-4-3-5-7-9-11-13-15-19/h15,20H,2-14H2,1H3. The zero-order valence-electron chi connectivity index (χ0n) is 13.1. The minimum absolute atomic E-state index is 0.521. The molecule has 0 radical (unpaired) electrons. The van der Waals surface area contributed by atoms with Crippen LogP contribution in [-0.2, 0) is 4.79 Å². The van der Waals surface area contributed by atoms with Crippen LogP contribution in [0.1, 0.15) is 90.4 Å². The van der Waals surface area contributed by atoms with E-state index in [-0.39, 0.29) is 0 Å². The second-order valence-electron chi connectivity index (χ2n) is 5.74. The molecule has 116 valence electrons. The maximum atomic E-state index is 10.1. The normalized spacial score (nSPS) is 13.7. The van der Waals surface area contributed by atoms with Gasteiger partial charge in [-0.1, -0.05) is 58.3 Å². The first-order valence-electron chi connectivity index (χ1n) is 8.26. The number of nitriles is 1. The van der Waals surface area contributed by atoms with E-state index in [4.69, 9.17) is 5.26 Å². The topological polar surface area (TPSA) is 61.1 Å². The molecule has 0 aromatic carbocycles.